The molecule has 4 nitrogen and oxygen atoms in total. The SMILES string of the molecule is O=C(C1Cc2ccccc2CN1)N1CC[C@H](O)C1. The molecule has 0 bridgehead atoms. The molecular weight excluding hydrogens is 228 g/mol. The minimum atomic E-state index is -0.343. The van der Waals surface area contributed by atoms with Gasteiger partial charge in [0.25, 0.3) is 0 Å². The lowest BCUT2D eigenvalue weighted by Crippen LogP contribution is -2.48. The standard InChI is InChI=1S/C14H18N2O2/c17-12-5-6-16(9-12)14(18)13-7-10-3-1-2-4-11(10)8-15-13/h1-4,12-13,15,17H,5-9H2/t12-,13?/m0/s1. The van der Waals surface area contributed by atoms with Crippen molar-refractivity contribution in [3.05, 3.63) is 35.4 Å². The summed E-state index contributed by atoms with van der Waals surface area (Å²) >= 11 is 0. The maximum absolute atomic E-state index is 12.3. The summed E-state index contributed by atoms with van der Waals surface area (Å²) in [6.45, 7) is 1.92. The highest BCUT2D eigenvalue weighted by molar-refractivity contribution is 5.83. The summed E-state index contributed by atoms with van der Waals surface area (Å²) in [6, 6.07) is 8.10. The van der Waals surface area contributed by atoms with E-state index in [0.29, 0.717) is 19.5 Å². The maximum Gasteiger partial charge on any atom is 0.240 e. The number of rotatable bonds is 1. The van der Waals surface area contributed by atoms with E-state index in [4.69, 9.17) is 0 Å². The van der Waals surface area contributed by atoms with Gasteiger partial charge in [0.05, 0.1) is 12.1 Å². The largest absolute Gasteiger partial charge is 0.391 e. The van der Waals surface area contributed by atoms with Crippen molar-refractivity contribution in [1.29, 1.82) is 0 Å². The zero-order chi connectivity index (χ0) is 12.5. The number of carbonyl (C=O) groups excluding carboxylic acids is 1. The van der Waals surface area contributed by atoms with Gasteiger partial charge >= 0.3 is 0 Å². The quantitative estimate of drug-likeness (QED) is 0.749. The molecular formula is C14H18N2O2. The Morgan fingerprint density at radius 2 is 2.11 bits per heavy atom. The average molecular weight is 246 g/mol. The van der Waals surface area contributed by atoms with Crippen molar-refractivity contribution in [3.8, 4) is 0 Å². The molecule has 2 N–H and O–H groups in total. The smallest absolute Gasteiger partial charge is 0.240 e. The van der Waals surface area contributed by atoms with Crippen molar-refractivity contribution < 1.29 is 9.90 Å². The van der Waals surface area contributed by atoms with E-state index in [1.165, 1.54) is 11.1 Å². The lowest BCUT2D eigenvalue weighted by molar-refractivity contribution is -0.132. The monoisotopic (exact) mass is 246 g/mol. The molecule has 4 heteroatoms. The van der Waals surface area contributed by atoms with Crippen LogP contribution in [0.4, 0.5) is 0 Å². The predicted octanol–water partition coefficient (Wildman–Crippen LogP) is 0.294. The number of fused-ring (bicyclic) bond motifs is 1. The second kappa shape index (κ2) is 4.71. The fourth-order valence-corrected chi connectivity index (χ4v) is 2.79. The number of amides is 1. The van der Waals surface area contributed by atoms with Gasteiger partial charge in [0, 0.05) is 19.6 Å². The second-order valence-corrected chi connectivity index (χ2v) is 5.13. The van der Waals surface area contributed by atoms with E-state index in [0.717, 1.165) is 13.0 Å². The Bertz CT molecular complexity index is 461. The summed E-state index contributed by atoms with van der Waals surface area (Å²) in [5.74, 6) is 0.126. The molecule has 0 radical (unpaired) electrons. The Kier molecular flexibility index (Phi) is 3.06. The number of hydrogen-bond donors (Lipinski definition) is 2. The van der Waals surface area contributed by atoms with Gasteiger partial charge in [-0.25, -0.2) is 0 Å². The van der Waals surface area contributed by atoms with Crippen LogP contribution < -0.4 is 5.32 Å². The van der Waals surface area contributed by atoms with E-state index in [1.54, 1.807) is 4.90 Å². The number of likely N-dealkylation sites (tertiary alicyclic amines) is 1. The Hall–Kier alpha value is -1.39. The van der Waals surface area contributed by atoms with Crippen molar-refractivity contribution in [2.75, 3.05) is 13.1 Å². The van der Waals surface area contributed by atoms with Crippen LogP contribution in [0.25, 0.3) is 0 Å². The van der Waals surface area contributed by atoms with Crippen molar-refractivity contribution in [3.63, 3.8) is 0 Å². The highest BCUT2D eigenvalue weighted by atomic mass is 16.3. The zero-order valence-corrected chi connectivity index (χ0v) is 10.3. The second-order valence-electron chi connectivity index (χ2n) is 5.13. The molecule has 3 rings (SSSR count). The summed E-state index contributed by atoms with van der Waals surface area (Å²) < 4.78 is 0. The van der Waals surface area contributed by atoms with Crippen LogP contribution in [0, 0.1) is 0 Å². The van der Waals surface area contributed by atoms with Crippen LogP contribution in [0.1, 0.15) is 17.5 Å². The van der Waals surface area contributed by atoms with Crippen molar-refractivity contribution >= 4 is 5.91 Å². The number of carbonyl (C=O) groups is 1. The van der Waals surface area contributed by atoms with Gasteiger partial charge in [-0.05, 0) is 24.0 Å². The van der Waals surface area contributed by atoms with Gasteiger partial charge in [-0.15, -0.1) is 0 Å². The van der Waals surface area contributed by atoms with Gasteiger partial charge in [-0.3, -0.25) is 4.79 Å². The number of hydrogen-bond acceptors (Lipinski definition) is 3. The number of aliphatic hydroxyl groups is 1. The molecule has 96 valence electrons. The number of benzene rings is 1. The van der Waals surface area contributed by atoms with Crippen LogP contribution in [0.3, 0.4) is 0 Å². The van der Waals surface area contributed by atoms with Crippen LogP contribution in [0.15, 0.2) is 24.3 Å². The first kappa shape index (κ1) is 11.7. The highest BCUT2D eigenvalue weighted by Crippen LogP contribution is 2.19. The molecule has 18 heavy (non-hydrogen) atoms. The van der Waals surface area contributed by atoms with Crippen molar-refractivity contribution in [2.24, 2.45) is 0 Å². The lowest BCUT2D eigenvalue weighted by Gasteiger charge is -2.28. The van der Waals surface area contributed by atoms with E-state index in [-0.39, 0.29) is 18.1 Å². The number of nitrogens with zero attached hydrogens (tertiary/aromatic N) is 1. The maximum atomic E-state index is 12.3. The van der Waals surface area contributed by atoms with Gasteiger partial charge in [-0.2, -0.15) is 0 Å². The summed E-state index contributed by atoms with van der Waals surface area (Å²) in [5, 5.41) is 12.8. The Balaban J connectivity index is 1.70. The topological polar surface area (TPSA) is 52.6 Å². The van der Waals surface area contributed by atoms with Crippen LogP contribution in [0.2, 0.25) is 0 Å². The van der Waals surface area contributed by atoms with E-state index in [1.807, 2.05) is 12.1 Å². The third-order valence-corrected chi connectivity index (χ3v) is 3.85. The van der Waals surface area contributed by atoms with E-state index >= 15 is 0 Å². The van der Waals surface area contributed by atoms with Gasteiger partial charge < -0.3 is 15.3 Å². The fraction of sp³-hybridized carbons (Fsp3) is 0.500. The third kappa shape index (κ3) is 2.13. The minimum Gasteiger partial charge on any atom is -0.391 e. The molecule has 0 spiro atoms. The van der Waals surface area contributed by atoms with Crippen molar-refractivity contribution in [2.45, 2.75) is 31.5 Å². The van der Waals surface area contributed by atoms with Crippen molar-refractivity contribution in [1.82, 2.24) is 10.2 Å². The van der Waals surface area contributed by atoms with E-state index in [9.17, 15) is 9.90 Å². The van der Waals surface area contributed by atoms with Crippen LogP contribution >= 0.6 is 0 Å². The summed E-state index contributed by atoms with van der Waals surface area (Å²) in [7, 11) is 0. The molecule has 1 aromatic carbocycles. The molecule has 1 aromatic rings. The first-order valence-electron chi connectivity index (χ1n) is 6.51. The lowest BCUT2D eigenvalue weighted by atomic mass is 9.95. The molecule has 2 aliphatic heterocycles. The van der Waals surface area contributed by atoms with Crippen LogP contribution in [-0.4, -0.2) is 41.1 Å². The van der Waals surface area contributed by atoms with E-state index in [2.05, 4.69) is 17.4 Å². The zero-order valence-electron chi connectivity index (χ0n) is 10.3. The number of β-amino-alcohol motifs (C(OH)–C–C–N with tert-alkyl or cyclic N) is 1. The molecule has 2 heterocycles. The first-order valence-corrected chi connectivity index (χ1v) is 6.51. The Morgan fingerprint density at radius 3 is 2.83 bits per heavy atom. The number of nitrogens with one attached hydrogen (secondary N) is 1. The molecule has 0 aliphatic carbocycles. The van der Waals surface area contributed by atoms with E-state index < -0.39 is 0 Å². The third-order valence-electron chi connectivity index (χ3n) is 3.85. The van der Waals surface area contributed by atoms with Gasteiger partial charge in [0.15, 0.2) is 0 Å². The average Bonchev–Trinajstić information content (AvgIpc) is 2.84. The summed E-state index contributed by atoms with van der Waals surface area (Å²) in [5.41, 5.74) is 2.54. The van der Waals surface area contributed by atoms with Crippen LogP contribution in [0.5, 0.6) is 0 Å². The van der Waals surface area contributed by atoms with Gasteiger partial charge in [0.2, 0.25) is 5.91 Å². The molecule has 1 amide bonds. The van der Waals surface area contributed by atoms with Gasteiger partial charge in [-0.1, -0.05) is 24.3 Å². The first-order chi connectivity index (χ1) is 8.74. The summed E-state index contributed by atoms with van der Waals surface area (Å²) in [6.07, 6.45) is 1.11. The number of aliphatic hydroxyl groups excluding tert-OH is 1. The minimum absolute atomic E-state index is 0.126. The van der Waals surface area contributed by atoms with Crippen LogP contribution in [-0.2, 0) is 17.8 Å². The molecule has 2 aliphatic rings. The fourth-order valence-electron chi connectivity index (χ4n) is 2.79. The molecule has 1 unspecified atom stereocenters. The Morgan fingerprint density at radius 1 is 1.33 bits per heavy atom. The molecule has 2 atom stereocenters. The summed E-state index contributed by atoms with van der Waals surface area (Å²) in [4.78, 5) is 14.1. The molecule has 1 saturated heterocycles. The predicted molar refractivity (Wildman–Crippen MR) is 68.0 cm³/mol. The molecule has 1 fully saturated rings. The Labute approximate surface area is 107 Å². The molecule has 0 aromatic heterocycles. The normalized spacial score (nSPS) is 27.1. The molecule has 0 saturated carbocycles. The highest BCUT2D eigenvalue weighted by Gasteiger charge is 2.31. The van der Waals surface area contributed by atoms with Gasteiger partial charge in [0.1, 0.15) is 0 Å².